The summed E-state index contributed by atoms with van der Waals surface area (Å²) in [6, 6.07) is 7.16. The summed E-state index contributed by atoms with van der Waals surface area (Å²) in [5.74, 6) is 1.22. The number of carbonyl (C=O) groups is 2. The molecule has 0 aliphatic heterocycles. The molecule has 0 aromatic heterocycles. The Bertz CT molecular complexity index is 697. The molecule has 4 heteroatoms. The maximum absolute atomic E-state index is 12.5. The van der Waals surface area contributed by atoms with Crippen molar-refractivity contribution in [2.45, 2.75) is 63.9 Å². The molecule has 0 spiro atoms. The molecule has 1 aromatic carbocycles. The molecule has 2 unspecified atom stereocenters. The van der Waals surface area contributed by atoms with Gasteiger partial charge >= 0.3 is 0 Å². The van der Waals surface area contributed by atoms with Crippen LogP contribution >= 0.6 is 0 Å². The minimum absolute atomic E-state index is 0.0311. The lowest BCUT2D eigenvalue weighted by Gasteiger charge is -2.60. The van der Waals surface area contributed by atoms with Crippen molar-refractivity contribution in [3.05, 3.63) is 29.8 Å². The van der Waals surface area contributed by atoms with Crippen LogP contribution in [0, 0.1) is 17.3 Å². The summed E-state index contributed by atoms with van der Waals surface area (Å²) in [6.45, 7) is 1.51. The van der Waals surface area contributed by atoms with Crippen LogP contribution in [0.5, 0.6) is 0 Å². The highest BCUT2D eigenvalue weighted by atomic mass is 16.3. The van der Waals surface area contributed by atoms with Crippen molar-refractivity contribution in [3.63, 3.8) is 0 Å². The van der Waals surface area contributed by atoms with Crippen LogP contribution in [0.4, 0.5) is 5.69 Å². The Labute approximate surface area is 149 Å². The summed E-state index contributed by atoms with van der Waals surface area (Å²) in [7, 11) is 0. The van der Waals surface area contributed by atoms with Crippen LogP contribution in [0.1, 0.15) is 68.6 Å². The fourth-order valence-electron chi connectivity index (χ4n) is 6.18. The van der Waals surface area contributed by atoms with E-state index in [1.165, 1.54) is 26.2 Å². The molecule has 4 bridgehead atoms. The van der Waals surface area contributed by atoms with Crippen LogP contribution in [0.3, 0.4) is 0 Å². The Balaban J connectivity index is 1.41. The molecule has 5 rings (SSSR count). The van der Waals surface area contributed by atoms with Gasteiger partial charge in [-0.3, -0.25) is 9.59 Å². The van der Waals surface area contributed by atoms with E-state index in [9.17, 15) is 14.7 Å². The second-order valence-corrected chi connectivity index (χ2v) is 8.84. The highest BCUT2D eigenvalue weighted by Gasteiger charge is 2.56. The second kappa shape index (κ2) is 5.94. The number of amides is 1. The number of hydrogen-bond donors (Lipinski definition) is 2. The number of benzene rings is 1. The number of carbonyl (C=O) groups excluding carboxylic acids is 2. The molecule has 1 aromatic rings. The number of nitrogens with one attached hydrogen (secondary N) is 1. The normalized spacial score (nSPS) is 35.6. The average Bonchev–Trinajstić information content (AvgIpc) is 2.51. The Hall–Kier alpha value is -1.68. The van der Waals surface area contributed by atoms with Gasteiger partial charge in [-0.15, -0.1) is 0 Å². The van der Waals surface area contributed by atoms with Crippen LogP contribution in [-0.2, 0) is 4.79 Å². The molecule has 25 heavy (non-hydrogen) atoms. The third kappa shape index (κ3) is 3.24. The van der Waals surface area contributed by atoms with E-state index in [-0.39, 0.29) is 17.1 Å². The predicted molar refractivity (Wildman–Crippen MR) is 96.4 cm³/mol. The van der Waals surface area contributed by atoms with E-state index in [0.29, 0.717) is 29.5 Å². The lowest BCUT2D eigenvalue weighted by atomic mass is 9.47. The number of anilines is 1. The fourth-order valence-corrected chi connectivity index (χ4v) is 6.18. The molecule has 2 N–H and O–H groups in total. The van der Waals surface area contributed by atoms with Gasteiger partial charge in [0.25, 0.3) is 0 Å². The topological polar surface area (TPSA) is 66.4 Å². The zero-order valence-corrected chi connectivity index (χ0v) is 14.9. The average molecular weight is 341 g/mol. The van der Waals surface area contributed by atoms with E-state index < -0.39 is 5.60 Å². The van der Waals surface area contributed by atoms with Crippen molar-refractivity contribution in [3.8, 4) is 0 Å². The molecule has 4 saturated carbocycles. The van der Waals surface area contributed by atoms with Gasteiger partial charge in [-0.1, -0.05) is 12.1 Å². The van der Waals surface area contributed by atoms with Gasteiger partial charge in [0, 0.05) is 12.0 Å². The Morgan fingerprint density at radius 2 is 1.84 bits per heavy atom. The van der Waals surface area contributed by atoms with Crippen molar-refractivity contribution in [1.29, 1.82) is 0 Å². The summed E-state index contributed by atoms with van der Waals surface area (Å²) in [5.41, 5.74) is 0.835. The number of para-hydroxylation sites is 1. The van der Waals surface area contributed by atoms with Gasteiger partial charge in [0.2, 0.25) is 5.91 Å². The van der Waals surface area contributed by atoms with Gasteiger partial charge in [0.1, 0.15) is 0 Å². The van der Waals surface area contributed by atoms with E-state index in [4.69, 9.17) is 0 Å². The molecular weight excluding hydrogens is 314 g/mol. The van der Waals surface area contributed by atoms with Crippen LogP contribution in [0.2, 0.25) is 0 Å². The molecule has 4 nitrogen and oxygen atoms in total. The van der Waals surface area contributed by atoms with E-state index in [1.54, 1.807) is 12.1 Å². The van der Waals surface area contributed by atoms with Gasteiger partial charge in [-0.25, -0.2) is 0 Å². The van der Waals surface area contributed by atoms with Gasteiger partial charge in [0.05, 0.1) is 11.3 Å². The number of hydrogen-bond acceptors (Lipinski definition) is 3. The van der Waals surface area contributed by atoms with E-state index in [0.717, 1.165) is 25.7 Å². The Kier molecular flexibility index (Phi) is 3.99. The largest absolute Gasteiger partial charge is 0.390 e. The van der Waals surface area contributed by atoms with Gasteiger partial charge in [-0.2, -0.15) is 0 Å². The standard InChI is InChI=1S/C21H27NO3/c1-14(23)17-4-2-3-5-18(17)22-19(24)6-7-20-9-15-8-16(10-20)12-21(25,11-15)13-20/h2-5,15-16,25H,6-13H2,1H3,(H,22,24). The summed E-state index contributed by atoms with van der Waals surface area (Å²) in [5, 5.41) is 13.7. The second-order valence-electron chi connectivity index (χ2n) is 8.84. The molecule has 134 valence electrons. The molecule has 2 atom stereocenters. The zero-order valence-electron chi connectivity index (χ0n) is 14.9. The van der Waals surface area contributed by atoms with Crippen LogP contribution in [0.15, 0.2) is 24.3 Å². The van der Waals surface area contributed by atoms with E-state index in [2.05, 4.69) is 5.32 Å². The number of Topliss-reactive ketones (excluding diaryl/α,β-unsaturated/α-hetero) is 1. The molecule has 0 radical (unpaired) electrons. The number of ketones is 1. The molecule has 4 aliphatic rings. The van der Waals surface area contributed by atoms with E-state index >= 15 is 0 Å². The highest BCUT2D eigenvalue weighted by molar-refractivity contribution is 6.03. The Morgan fingerprint density at radius 1 is 1.16 bits per heavy atom. The van der Waals surface area contributed by atoms with Crippen LogP contribution in [0.25, 0.3) is 0 Å². The quantitative estimate of drug-likeness (QED) is 0.797. The van der Waals surface area contributed by atoms with Crippen LogP contribution in [-0.4, -0.2) is 22.4 Å². The van der Waals surface area contributed by atoms with Crippen LogP contribution < -0.4 is 5.32 Å². The molecule has 1 amide bonds. The first-order valence-electron chi connectivity index (χ1n) is 9.49. The highest BCUT2D eigenvalue weighted by Crippen LogP contribution is 2.63. The third-order valence-corrected chi connectivity index (χ3v) is 6.61. The summed E-state index contributed by atoms with van der Waals surface area (Å²) < 4.78 is 0. The van der Waals surface area contributed by atoms with E-state index in [1.807, 2.05) is 12.1 Å². The van der Waals surface area contributed by atoms with Crippen molar-refractivity contribution >= 4 is 17.4 Å². The van der Waals surface area contributed by atoms with Gasteiger partial charge < -0.3 is 10.4 Å². The fraction of sp³-hybridized carbons (Fsp3) is 0.619. The lowest BCUT2D eigenvalue weighted by molar-refractivity contribution is -0.166. The first-order chi connectivity index (χ1) is 11.9. The first-order valence-corrected chi connectivity index (χ1v) is 9.49. The SMILES string of the molecule is CC(=O)c1ccccc1NC(=O)CCC12CC3CC(CC(O)(C3)C1)C2. The minimum atomic E-state index is -0.470. The molecule has 4 fully saturated rings. The molecular formula is C21H27NO3. The molecule has 4 aliphatic carbocycles. The van der Waals surface area contributed by atoms with Crippen molar-refractivity contribution in [2.75, 3.05) is 5.32 Å². The maximum Gasteiger partial charge on any atom is 0.224 e. The zero-order chi connectivity index (χ0) is 17.7. The first kappa shape index (κ1) is 16.8. The monoisotopic (exact) mass is 341 g/mol. The number of rotatable bonds is 5. The third-order valence-electron chi connectivity index (χ3n) is 6.61. The van der Waals surface area contributed by atoms with Crippen molar-refractivity contribution in [1.82, 2.24) is 0 Å². The molecule has 0 heterocycles. The van der Waals surface area contributed by atoms with Crippen molar-refractivity contribution in [2.24, 2.45) is 17.3 Å². The summed E-state index contributed by atoms with van der Waals surface area (Å²) >= 11 is 0. The summed E-state index contributed by atoms with van der Waals surface area (Å²) in [4.78, 5) is 24.2. The smallest absolute Gasteiger partial charge is 0.224 e. The lowest BCUT2D eigenvalue weighted by Crippen LogP contribution is -2.55. The predicted octanol–water partition coefficient (Wildman–Crippen LogP) is 3.94. The number of aliphatic hydroxyl groups is 1. The Morgan fingerprint density at radius 3 is 2.48 bits per heavy atom. The van der Waals surface area contributed by atoms with Gasteiger partial charge in [0.15, 0.2) is 5.78 Å². The minimum Gasteiger partial charge on any atom is -0.390 e. The molecule has 0 saturated heterocycles. The summed E-state index contributed by atoms with van der Waals surface area (Å²) in [6.07, 6.45) is 7.70. The van der Waals surface area contributed by atoms with Crippen molar-refractivity contribution < 1.29 is 14.7 Å². The van der Waals surface area contributed by atoms with Gasteiger partial charge in [-0.05, 0) is 81.3 Å². The maximum atomic E-state index is 12.5.